The van der Waals surface area contributed by atoms with E-state index in [2.05, 4.69) is 25.1 Å². The van der Waals surface area contributed by atoms with Crippen LogP contribution in [0.5, 0.6) is 0 Å². The lowest BCUT2D eigenvalue weighted by Crippen LogP contribution is -1.85. The van der Waals surface area contributed by atoms with Crippen LogP contribution in [-0.4, -0.2) is 0 Å². The molecule has 0 radical (unpaired) electrons. The van der Waals surface area contributed by atoms with Gasteiger partial charge in [0.15, 0.2) is 0 Å². The lowest BCUT2D eigenvalue weighted by Gasteiger charge is -2.04. The highest BCUT2D eigenvalue weighted by molar-refractivity contribution is 5.87. The van der Waals surface area contributed by atoms with Crippen LogP contribution in [0.2, 0.25) is 0 Å². The summed E-state index contributed by atoms with van der Waals surface area (Å²) in [5, 5.41) is 11.3. The molecule has 0 saturated carbocycles. The van der Waals surface area contributed by atoms with Crippen molar-refractivity contribution in [1.82, 2.24) is 0 Å². The van der Waals surface area contributed by atoms with E-state index in [-0.39, 0.29) is 0 Å². The minimum absolute atomic E-state index is 0.767. The van der Waals surface area contributed by atoms with Gasteiger partial charge in [-0.25, -0.2) is 0 Å². The van der Waals surface area contributed by atoms with Crippen LogP contribution >= 0.6 is 0 Å². The standard InChI is InChI=1S/C13H11N/c1-9-4-3-5-11-7-12(8-14)10(2)6-13(9)11/h3-7H,1-2H3. The van der Waals surface area contributed by atoms with Gasteiger partial charge < -0.3 is 0 Å². The Bertz CT molecular complexity index is 533. The summed E-state index contributed by atoms with van der Waals surface area (Å²) in [7, 11) is 0. The van der Waals surface area contributed by atoms with Crippen LogP contribution in [0.25, 0.3) is 10.8 Å². The molecule has 0 atom stereocenters. The number of nitriles is 1. The second-order valence-electron chi connectivity index (χ2n) is 3.57. The van der Waals surface area contributed by atoms with Gasteiger partial charge >= 0.3 is 0 Å². The molecule has 0 N–H and O–H groups in total. The number of hydrogen-bond acceptors (Lipinski definition) is 1. The first-order valence-corrected chi connectivity index (χ1v) is 4.62. The zero-order valence-electron chi connectivity index (χ0n) is 8.33. The van der Waals surface area contributed by atoms with Crippen molar-refractivity contribution >= 4 is 10.8 Å². The van der Waals surface area contributed by atoms with Crippen molar-refractivity contribution in [2.45, 2.75) is 13.8 Å². The Hall–Kier alpha value is -1.81. The van der Waals surface area contributed by atoms with E-state index in [9.17, 15) is 0 Å². The smallest absolute Gasteiger partial charge is 0.0994 e. The van der Waals surface area contributed by atoms with E-state index in [0.717, 1.165) is 16.5 Å². The monoisotopic (exact) mass is 181 g/mol. The fourth-order valence-corrected chi connectivity index (χ4v) is 1.71. The maximum absolute atomic E-state index is 8.90. The summed E-state index contributed by atoms with van der Waals surface area (Å²) in [6.45, 7) is 4.07. The molecule has 2 rings (SSSR count). The van der Waals surface area contributed by atoms with Gasteiger partial charge in [-0.05, 0) is 47.9 Å². The van der Waals surface area contributed by atoms with Gasteiger partial charge in [-0.15, -0.1) is 0 Å². The highest BCUT2D eigenvalue weighted by Crippen LogP contribution is 2.22. The van der Waals surface area contributed by atoms with E-state index in [4.69, 9.17) is 5.26 Å². The molecule has 1 heteroatoms. The Morgan fingerprint density at radius 1 is 1.07 bits per heavy atom. The first-order chi connectivity index (χ1) is 6.72. The average Bonchev–Trinajstić information content (AvgIpc) is 2.19. The third kappa shape index (κ3) is 1.25. The van der Waals surface area contributed by atoms with E-state index in [1.165, 1.54) is 10.9 Å². The van der Waals surface area contributed by atoms with Gasteiger partial charge in [0.1, 0.15) is 0 Å². The van der Waals surface area contributed by atoms with Crippen molar-refractivity contribution in [3.05, 3.63) is 47.0 Å². The molecule has 0 saturated heterocycles. The Morgan fingerprint density at radius 3 is 2.57 bits per heavy atom. The fraction of sp³-hybridized carbons (Fsp3) is 0.154. The number of rotatable bonds is 0. The van der Waals surface area contributed by atoms with E-state index >= 15 is 0 Å². The van der Waals surface area contributed by atoms with Crippen LogP contribution in [0.15, 0.2) is 30.3 Å². The maximum atomic E-state index is 8.90. The molecule has 1 nitrogen and oxygen atoms in total. The SMILES string of the molecule is Cc1cc2c(C)cccc2cc1C#N. The van der Waals surface area contributed by atoms with Crippen LogP contribution in [0.4, 0.5) is 0 Å². The quantitative estimate of drug-likeness (QED) is 0.611. The minimum Gasteiger partial charge on any atom is -0.192 e. The summed E-state index contributed by atoms with van der Waals surface area (Å²) in [5.74, 6) is 0. The second-order valence-corrected chi connectivity index (χ2v) is 3.57. The molecular weight excluding hydrogens is 170 g/mol. The Balaban J connectivity index is 2.88. The van der Waals surface area contributed by atoms with E-state index in [0.29, 0.717) is 0 Å². The van der Waals surface area contributed by atoms with Gasteiger partial charge in [0.05, 0.1) is 11.6 Å². The zero-order chi connectivity index (χ0) is 10.1. The van der Waals surface area contributed by atoms with Crippen LogP contribution in [0.1, 0.15) is 16.7 Å². The van der Waals surface area contributed by atoms with Crippen LogP contribution < -0.4 is 0 Å². The first kappa shape index (κ1) is 8.77. The van der Waals surface area contributed by atoms with Crippen LogP contribution in [0.3, 0.4) is 0 Å². The summed E-state index contributed by atoms with van der Waals surface area (Å²) in [4.78, 5) is 0. The highest BCUT2D eigenvalue weighted by Gasteiger charge is 2.01. The fourth-order valence-electron chi connectivity index (χ4n) is 1.71. The van der Waals surface area contributed by atoms with Crippen molar-refractivity contribution in [2.75, 3.05) is 0 Å². The van der Waals surface area contributed by atoms with Gasteiger partial charge in [-0.2, -0.15) is 5.26 Å². The van der Waals surface area contributed by atoms with E-state index in [1.54, 1.807) is 0 Å². The Morgan fingerprint density at radius 2 is 1.86 bits per heavy atom. The van der Waals surface area contributed by atoms with Crippen molar-refractivity contribution in [1.29, 1.82) is 5.26 Å². The molecule has 0 aliphatic rings. The Labute approximate surface area is 83.6 Å². The topological polar surface area (TPSA) is 23.8 Å². The third-order valence-electron chi connectivity index (χ3n) is 2.56. The van der Waals surface area contributed by atoms with Crippen LogP contribution in [-0.2, 0) is 0 Å². The largest absolute Gasteiger partial charge is 0.192 e. The number of benzene rings is 2. The van der Waals surface area contributed by atoms with E-state index < -0.39 is 0 Å². The lowest BCUT2D eigenvalue weighted by atomic mass is 9.99. The van der Waals surface area contributed by atoms with Crippen molar-refractivity contribution in [3.63, 3.8) is 0 Å². The Kier molecular flexibility index (Phi) is 1.98. The maximum Gasteiger partial charge on any atom is 0.0994 e. The molecule has 14 heavy (non-hydrogen) atoms. The predicted octanol–water partition coefficient (Wildman–Crippen LogP) is 3.33. The summed E-state index contributed by atoms with van der Waals surface area (Å²) in [5.41, 5.74) is 3.08. The molecule has 68 valence electrons. The number of fused-ring (bicyclic) bond motifs is 1. The zero-order valence-corrected chi connectivity index (χ0v) is 8.33. The molecule has 0 bridgehead atoms. The molecule has 2 aromatic carbocycles. The van der Waals surface area contributed by atoms with Crippen molar-refractivity contribution in [2.24, 2.45) is 0 Å². The van der Waals surface area contributed by atoms with E-state index in [1.807, 2.05) is 25.1 Å². The molecule has 0 aromatic heterocycles. The summed E-state index contributed by atoms with van der Waals surface area (Å²) in [6, 6.07) is 12.4. The van der Waals surface area contributed by atoms with Gasteiger partial charge in [-0.3, -0.25) is 0 Å². The summed E-state index contributed by atoms with van der Waals surface area (Å²) < 4.78 is 0. The third-order valence-corrected chi connectivity index (χ3v) is 2.56. The highest BCUT2D eigenvalue weighted by atomic mass is 14.2. The van der Waals surface area contributed by atoms with Gasteiger partial charge in [0.2, 0.25) is 0 Å². The average molecular weight is 181 g/mol. The predicted molar refractivity (Wildman–Crippen MR) is 58.1 cm³/mol. The summed E-state index contributed by atoms with van der Waals surface area (Å²) >= 11 is 0. The first-order valence-electron chi connectivity index (χ1n) is 4.62. The molecular formula is C13H11N. The number of nitrogens with zero attached hydrogens (tertiary/aromatic N) is 1. The lowest BCUT2D eigenvalue weighted by molar-refractivity contribution is 1.40. The molecule has 0 fully saturated rings. The van der Waals surface area contributed by atoms with Gasteiger partial charge in [0.25, 0.3) is 0 Å². The van der Waals surface area contributed by atoms with Crippen LogP contribution in [0, 0.1) is 25.2 Å². The normalized spacial score (nSPS) is 10.1. The number of hydrogen-bond donors (Lipinski definition) is 0. The van der Waals surface area contributed by atoms with Crippen molar-refractivity contribution < 1.29 is 0 Å². The van der Waals surface area contributed by atoms with Gasteiger partial charge in [-0.1, -0.05) is 18.2 Å². The number of aryl methyl sites for hydroxylation is 2. The molecule has 0 aliphatic heterocycles. The summed E-state index contributed by atoms with van der Waals surface area (Å²) in [6.07, 6.45) is 0. The molecule has 0 heterocycles. The molecule has 2 aromatic rings. The second kappa shape index (κ2) is 3.16. The molecule has 0 aliphatic carbocycles. The minimum atomic E-state index is 0.767. The van der Waals surface area contributed by atoms with Crippen molar-refractivity contribution in [3.8, 4) is 6.07 Å². The van der Waals surface area contributed by atoms with Gasteiger partial charge in [0, 0.05) is 0 Å². The molecule has 0 unspecified atom stereocenters. The molecule has 0 amide bonds. The molecule has 0 spiro atoms.